The van der Waals surface area contributed by atoms with Gasteiger partial charge in [-0.3, -0.25) is 4.79 Å². The lowest BCUT2D eigenvalue weighted by molar-refractivity contribution is -0.119. The molecule has 0 saturated heterocycles. The van der Waals surface area contributed by atoms with Crippen LogP contribution in [0.25, 0.3) is 0 Å². The maximum atomic E-state index is 10.8. The first-order valence-electron chi connectivity index (χ1n) is 8.68. The van der Waals surface area contributed by atoms with Crippen molar-refractivity contribution < 1.29 is 9.53 Å². The van der Waals surface area contributed by atoms with Crippen molar-refractivity contribution in [2.24, 2.45) is 10.7 Å². The van der Waals surface area contributed by atoms with Crippen molar-refractivity contribution in [1.29, 1.82) is 0 Å². The molecule has 6 nitrogen and oxygen atoms in total. The summed E-state index contributed by atoms with van der Waals surface area (Å²) in [6, 6.07) is 17.8. The normalized spacial score (nSPS) is 12.3. The zero-order valence-electron chi connectivity index (χ0n) is 15.2. The van der Waals surface area contributed by atoms with Gasteiger partial charge in [-0.15, -0.1) is 0 Å². The van der Waals surface area contributed by atoms with Gasteiger partial charge in [-0.1, -0.05) is 42.5 Å². The van der Waals surface area contributed by atoms with Gasteiger partial charge >= 0.3 is 0 Å². The highest BCUT2D eigenvalue weighted by Gasteiger charge is 2.07. The van der Waals surface area contributed by atoms with E-state index in [-0.39, 0.29) is 12.6 Å². The standard InChI is InChI=1S/C20H26N4O2/c1-3-22-20(24-15(2)17-9-5-4-6-10-17)23-13-16-8-7-11-18(12-16)26-14-19(21)25/h4-12,15H,3,13-14H2,1-2H3,(H2,21,25)(H2,22,23,24). The van der Waals surface area contributed by atoms with E-state index in [0.717, 1.165) is 18.1 Å². The maximum Gasteiger partial charge on any atom is 0.255 e. The van der Waals surface area contributed by atoms with Gasteiger partial charge in [-0.2, -0.15) is 0 Å². The Labute approximate surface area is 154 Å². The summed E-state index contributed by atoms with van der Waals surface area (Å²) in [5.74, 6) is 0.848. The van der Waals surface area contributed by atoms with Crippen molar-refractivity contribution in [2.75, 3.05) is 13.2 Å². The highest BCUT2D eigenvalue weighted by molar-refractivity contribution is 5.80. The summed E-state index contributed by atoms with van der Waals surface area (Å²) in [4.78, 5) is 15.5. The van der Waals surface area contributed by atoms with Crippen molar-refractivity contribution in [3.05, 3.63) is 65.7 Å². The van der Waals surface area contributed by atoms with Crippen molar-refractivity contribution in [1.82, 2.24) is 10.6 Å². The van der Waals surface area contributed by atoms with E-state index in [9.17, 15) is 4.79 Å². The number of primary amides is 1. The molecular formula is C20H26N4O2. The van der Waals surface area contributed by atoms with Crippen LogP contribution in [0.4, 0.5) is 0 Å². The molecule has 2 rings (SSSR count). The molecule has 0 radical (unpaired) electrons. The van der Waals surface area contributed by atoms with Crippen molar-refractivity contribution >= 4 is 11.9 Å². The molecule has 0 aliphatic heterocycles. The van der Waals surface area contributed by atoms with Gasteiger partial charge in [0.1, 0.15) is 5.75 Å². The fourth-order valence-corrected chi connectivity index (χ4v) is 2.41. The molecule has 2 aromatic carbocycles. The number of guanidine groups is 1. The second-order valence-corrected chi connectivity index (χ2v) is 5.87. The Kier molecular flexibility index (Phi) is 7.49. The molecular weight excluding hydrogens is 328 g/mol. The van der Waals surface area contributed by atoms with Crippen LogP contribution in [0, 0.1) is 0 Å². The second kappa shape index (κ2) is 10.1. The summed E-state index contributed by atoms with van der Waals surface area (Å²) in [6.45, 7) is 5.26. The van der Waals surface area contributed by atoms with E-state index < -0.39 is 5.91 Å². The number of nitrogens with one attached hydrogen (secondary N) is 2. The third kappa shape index (κ3) is 6.47. The predicted octanol–water partition coefficient (Wildman–Crippen LogP) is 2.37. The number of carbonyl (C=O) groups excluding carboxylic acids is 1. The molecule has 0 saturated carbocycles. The molecule has 0 aliphatic carbocycles. The summed E-state index contributed by atoms with van der Waals surface area (Å²) in [6.07, 6.45) is 0. The third-order valence-electron chi connectivity index (χ3n) is 3.70. The molecule has 1 atom stereocenters. The zero-order chi connectivity index (χ0) is 18.8. The smallest absolute Gasteiger partial charge is 0.255 e. The van der Waals surface area contributed by atoms with Crippen LogP contribution in [0.3, 0.4) is 0 Å². The van der Waals surface area contributed by atoms with Crippen LogP contribution in [0.2, 0.25) is 0 Å². The number of carbonyl (C=O) groups is 1. The highest BCUT2D eigenvalue weighted by Crippen LogP contribution is 2.14. The number of ether oxygens (including phenoxy) is 1. The molecule has 0 aromatic heterocycles. The summed E-state index contributed by atoms with van der Waals surface area (Å²) < 4.78 is 5.33. The maximum absolute atomic E-state index is 10.8. The number of nitrogens with two attached hydrogens (primary N) is 1. The lowest BCUT2D eigenvalue weighted by Crippen LogP contribution is -2.38. The second-order valence-electron chi connectivity index (χ2n) is 5.87. The van der Waals surface area contributed by atoms with Gasteiger partial charge in [0.15, 0.2) is 12.6 Å². The Morgan fingerprint density at radius 2 is 1.96 bits per heavy atom. The van der Waals surface area contributed by atoms with Gasteiger partial charge in [0, 0.05) is 6.54 Å². The Morgan fingerprint density at radius 1 is 1.19 bits per heavy atom. The summed E-state index contributed by atoms with van der Waals surface area (Å²) in [7, 11) is 0. The first kappa shape index (κ1) is 19.3. The van der Waals surface area contributed by atoms with E-state index in [4.69, 9.17) is 10.5 Å². The number of hydrogen-bond acceptors (Lipinski definition) is 3. The Balaban J connectivity index is 2.02. The molecule has 0 spiro atoms. The molecule has 0 fully saturated rings. The lowest BCUT2D eigenvalue weighted by Gasteiger charge is -2.18. The monoisotopic (exact) mass is 354 g/mol. The number of aliphatic imine (C=N–C) groups is 1. The van der Waals surface area contributed by atoms with Crippen LogP contribution in [0.5, 0.6) is 5.75 Å². The van der Waals surface area contributed by atoms with Crippen molar-refractivity contribution in [3.63, 3.8) is 0 Å². The van der Waals surface area contributed by atoms with E-state index in [1.54, 1.807) is 6.07 Å². The molecule has 0 aliphatic rings. The van der Waals surface area contributed by atoms with Gasteiger partial charge < -0.3 is 21.1 Å². The van der Waals surface area contributed by atoms with E-state index in [2.05, 4.69) is 34.7 Å². The number of hydrogen-bond donors (Lipinski definition) is 3. The van der Waals surface area contributed by atoms with Crippen LogP contribution < -0.4 is 21.1 Å². The summed E-state index contributed by atoms with van der Waals surface area (Å²) in [5, 5.41) is 6.66. The number of benzene rings is 2. The predicted molar refractivity (Wildman–Crippen MR) is 104 cm³/mol. The van der Waals surface area contributed by atoms with Crippen molar-refractivity contribution in [3.8, 4) is 5.75 Å². The molecule has 4 N–H and O–H groups in total. The first-order valence-corrected chi connectivity index (χ1v) is 8.68. The van der Waals surface area contributed by atoms with Gasteiger partial charge in [-0.05, 0) is 37.1 Å². The molecule has 1 unspecified atom stereocenters. The first-order chi connectivity index (χ1) is 12.6. The molecule has 26 heavy (non-hydrogen) atoms. The van der Waals surface area contributed by atoms with Crippen LogP contribution in [0.15, 0.2) is 59.6 Å². The molecule has 1 amide bonds. The molecule has 0 heterocycles. The van der Waals surface area contributed by atoms with Gasteiger partial charge in [0.2, 0.25) is 0 Å². The molecule has 0 bridgehead atoms. The Bertz CT molecular complexity index is 732. The molecule has 138 valence electrons. The van der Waals surface area contributed by atoms with Crippen LogP contribution in [0.1, 0.15) is 31.0 Å². The average molecular weight is 354 g/mol. The summed E-state index contributed by atoms with van der Waals surface area (Å²) >= 11 is 0. The van der Waals surface area contributed by atoms with Crippen molar-refractivity contribution in [2.45, 2.75) is 26.4 Å². The minimum absolute atomic E-state index is 0.133. The van der Waals surface area contributed by atoms with E-state index in [1.807, 2.05) is 43.3 Å². The van der Waals surface area contributed by atoms with E-state index in [1.165, 1.54) is 5.56 Å². The van der Waals surface area contributed by atoms with E-state index >= 15 is 0 Å². The highest BCUT2D eigenvalue weighted by atomic mass is 16.5. The Morgan fingerprint density at radius 3 is 2.65 bits per heavy atom. The molecule has 6 heteroatoms. The number of rotatable bonds is 8. The van der Waals surface area contributed by atoms with Crippen LogP contribution in [-0.2, 0) is 11.3 Å². The lowest BCUT2D eigenvalue weighted by atomic mass is 10.1. The van der Waals surface area contributed by atoms with Gasteiger partial charge in [0.25, 0.3) is 5.91 Å². The zero-order valence-corrected chi connectivity index (χ0v) is 15.2. The van der Waals surface area contributed by atoms with E-state index in [0.29, 0.717) is 12.3 Å². The fraction of sp³-hybridized carbons (Fsp3) is 0.300. The summed E-state index contributed by atoms with van der Waals surface area (Å²) in [5.41, 5.74) is 7.28. The largest absolute Gasteiger partial charge is 0.484 e. The topological polar surface area (TPSA) is 88.7 Å². The minimum Gasteiger partial charge on any atom is -0.484 e. The Hall–Kier alpha value is -3.02. The SMILES string of the molecule is CCNC(=NCc1cccc(OCC(N)=O)c1)NC(C)c1ccccc1. The van der Waals surface area contributed by atoms with Gasteiger partial charge in [-0.25, -0.2) is 4.99 Å². The average Bonchev–Trinajstić information content (AvgIpc) is 2.65. The number of nitrogens with zero attached hydrogens (tertiary/aromatic N) is 1. The quantitative estimate of drug-likeness (QED) is 0.501. The third-order valence-corrected chi connectivity index (χ3v) is 3.70. The fourth-order valence-electron chi connectivity index (χ4n) is 2.41. The van der Waals surface area contributed by atoms with Crippen LogP contribution in [-0.4, -0.2) is 25.0 Å². The molecule has 2 aromatic rings. The number of amides is 1. The minimum atomic E-state index is -0.498. The van der Waals surface area contributed by atoms with Gasteiger partial charge in [0.05, 0.1) is 12.6 Å². The van der Waals surface area contributed by atoms with Crippen LogP contribution >= 0.6 is 0 Å².